The maximum atomic E-state index is 12.1. The number of nitrogens with one attached hydrogen (secondary N) is 1. The van der Waals surface area contributed by atoms with Crippen LogP contribution in [-0.4, -0.2) is 18.2 Å². The van der Waals surface area contributed by atoms with E-state index in [9.17, 15) is 4.79 Å². The number of ether oxygens (including phenoxy) is 1. The zero-order valence-corrected chi connectivity index (χ0v) is 13.1. The van der Waals surface area contributed by atoms with Crippen molar-refractivity contribution < 1.29 is 9.53 Å². The van der Waals surface area contributed by atoms with Gasteiger partial charge in [-0.3, -0.25) is 4.79 Å². The molecule has 0 heterocycles. The lowest BCUT2D eigenvalue weighted by Crippen LogP contribution is -2.19. The number of nitrogens with zero attached hydrogens (tertiary/aromatic N) is 1. The van der Waals surface area contributed by atoms with E-state index in [1.54, 1.807) is 24.3 Å². The van der Waals surface area contributed by atoms with Crippen LogP contribution in [0, 0.1) is 6.92 Å². The first kappa shape index (κ1) is 15.8. The van der Waals surface area contributed by atoms with Crippen LogP contribution in [0.3, 0.4) is 0 Å². The third-order valence-corrected chi connectivity index (χ3v) is 3.19. The molecule has 0 aromatic heterocycles. The van der Waals surface area contributed by atoms with Crippen LogP contribution in [0.15, 0.2) is 53.6 Å². The molecule has 0 spiro atoms. The molecule has 0 aliphatic rings. The summed E-state index contributed by atoms with van der Waals surface area (Å²) in [6, 6.07) is 15.0. The molecule has 0 fully saturated rings. The Hall–Kier alpha value is -2.62. The van der Waals surface area contributed by atoms with Gasteiger partial charge in [0, 0.05) is 5.56 Å². The Labute approximate surface area is 130 Å². The van der Waals surface area contributed by atoms with Gasteiger partial charge in [0.15, 0.2) is 0 Å². The molecule has 0 bridgehead atoms. The topological polar surface area (TPSA) is 50.7 Å². The van der Waals surface area contributed by atoms with Gasteiger partial charge >= 0.3 is 0 Å². The largest absolute Gasteiger partial charge is 0.494 e. The van der Waals surface area contributed by atoms with Crippen LogP contribution in [0.5, 0.6) is 5.75 Å². The molecule has 0 aliphatic carbocycles. The SMILES string of the molecule is CCOc1ccc(C(=O)N/N=C(\C)c2cccc(C)c2)cc1. The highest BCUT2D eigenvalue weighted by Crippen LogP contribution is 2.12. The molecule has 2 rings (SSSR count). The minimum absolute atomic E-state index is 0.241. The quantitative estimate of drug-likeness (QED) is 0.677. The molecular formula is C18H20N2O2. The number of hydrazone groups is 1. The van der Waals surface area contributed by atoms with Crippen molar-refractivity contribution >= 4 is 11.6 Å². The van der Waals surface area contributed by atoms with E-state index in [0.717, 1.165) is 22.6 Å². The Balaban J connectivity index is 2.03. The summed E-state index contributed by atoms with van der Waals surface area (Å²) in [4.78, 5) is 12.1. The Bertz CT molecular complexity index is 676. The molecule has 114 valence electrons. The molecular weight excluding hydrogens is 276 g/mol. The normalized spacial score (nSPS) is 11.1. The second-order valence-electron chi connectivity index (χ2n) is 4.97. The van der Waals surface area contributed by atoms with Gasteiger partial charge in [0.05, 0.1) is 12.3 Å². The number of aryl methyl sites for hydroxylation is 1. The number of benzene rings is 2. The van der Waals surface area contributed by atoms with Crippen molar-refractivity contribution in [1.82, 2.24) is 5.43 Å². The summed E-state index contributed by atoms with van der Waals surface area (Å²) < 4.78 is 5.35. The van der Waals surface area contributed by atoms with Crippen LogP contribution in [0.4, 0.5) is 0 Å². The number of amides is 1. The van der Waals surface area contributed by atoms with Gasteiger partial charge in [-0.25, -0.2) is 5.43 Å². The number of rotatable bonds is 5. The molecule has 0 radical (unpaired) electrons. The van der Waals surface area contributed by atoms with E-state index < -0.39 is 0 Å². The maximum absolute atomic E-state index is 12.1. The fourth-order valence-corrected chi connectivity index (χ4v) is 2.00. The number of hydrogen-bond acceptors (Lipinski definition) is 3. The predicted molar refractivity (Wildman–Crippen MR) is 88.5 cm³/mol. The average molecular weight is 296 g/mol. The lowest BCUT2D eigenvalue weighted by Gasteiger charge is -2.05. The molecule has 0 unspecified atom stereocenters. The van der Waals surface area contributed by atoms with E-state index >= 15 is 0 Å². The first-order chi connectivity index (χ1) is 10.6. The van der Waals surface area contributed by atoms with Crippen molar-refractivity contribution in [1.29, 1.82) is 0 Å². The standard InChI is InChI=1S/C18H20N2O2/c1-4-22-17-10-8-15(9-11-17)18(21)20-19-14(3)16-7-5-6-13(2)12-16/h5-12H,4H2,1-3H3,(H,20,21)/b19-14+. The Morgan fingerprint density at radius 1 is 1.14 bits per heavy atom. The van der Waals surface area contributed by atoms with E-state index in [1.165, 1.54) is 0 Å². The van der Waals surface area contributed by atoms with E-state index in [2.05, 4.69) is 10.5 Å². The number of carbonyl (C=O) groups is 1. The smallest absolute Gasteiger partial charge is 0.271 e. The van der Waals surface area contributed by atoms with Crippen molar-refractivity contribution in [2.75, 3.05) is 6.61 Å². The molecule has 1 N–H and O–H groups in total. The number of carbonyl (C=O) groups excluding carboxylic acids is 1. The first-order valence-corrected chi connectivity index (χ1v) is 7.24. The summed E-state index contributed by atoms with van der Waals surface area (Å²) >= 11 is 0. The van der Waals surface area contributed by atoms with Gasteiger partial charge in [0.25, 0.3) is 5.91 Å². The third-order valence-electron chi connectivity index (χ3n) is 3.19. The molecule has 2 aromatic rings. The highest BCUT2D eigenvalue weighted by Gasteiger charge is 2.05. The highest BCUT2D eigenvalue weighted by molar-refractivity contribution is 6.00. The van der Waals surface area contributed by atoms with Crippen LogP contribution in [0.1, 0.15) is 35.3 Å². The summed E-state index contributed by atoms with van der Waals surface area (Å²) in [5, 5.41) is 4.16. The zero-order valence-electron chi connectivity index (χ0n) is 13.1. The summed E-state index contributed by atoms with van der Waals surface area (Å²) in [6.45, 7) is 6.41. The van der Waals surface area contributed by atoms with E-state index in [-0.39, 0.29) is 5.91 Å². The third kappa shape index (κ3) is 4.19. The second-order valence-corrected chi connectivity index (χ2v) is 4.97. The molecule has 4 nitrogen and oxygen atoms in total. The molecule has 0 saturated carbocycles. The van der Waals surface area contributed by atoms with Gasteiger partial charge in [0.1, 0.15) is 5.75 Å². The molecule has 0 atom stereocenters. The molecule has 4 heteroatoms. The molecule has 2 aromatic carbocycles. The van der Waals surface area contributed by atoms with Crippen molar-refractivity contribution in [2.45, 2.75) is 20.8 Å². The Morgan fingerprint density at radius 2 is 1.86 bits per heavy atom. The number of hydrogen-bond donors (Lipinski definition) is 1. The lowest BCUT2D eigenvalue weighted by atomic mass is 10.1. The monoisotopic (exact) mass is 296 g/mol. The maximum Gasteiger partial charge on any atom is 0.271 e. The summed E-state index contributed by atoms with van der Waals surface area (Å²) in [5.74, 6) is 0.508. The van der Waals surface area contributed by atoms with E-state index in [0.29, 0.717) is 12.2 Å². The van der Waals surface area contributed by atoms with Crippen LogP contribution >= 0.6 is 0 Å². The van der Waals surface area contributed by atoms with Crippen LogP contribution in [0.2, 0.25) is 0 Å². The van der Waals surface area contributed by atoms with Gasteiger partial charge in [-0.15, -0.1) is 0 Å². The van der Waals surface area contributed by atoms with Gasteiger partial charge in [-0.1, -0.05) is 29.8 Å². The van der Waals surface area contributed by atoms with Crippen molar-refractivity contribution in [3.05, 3.63) is 65.2 Å². The van der Waals surface area contributed by atoms with Crippen LogP contribution in [0.25, 0.3) is 0 Å². The summed E-state index contributed by atoms with van der Waals surface area (Å²) in [5.41, 5.74) is 6.04. The zero-order chi connectivity index (χ0) is 15.9. The fourth-order valence-electron chi connectivity index (χ4n) is 2.00. The van der Waals surface area contributed by atoms with E-state index in [1.807, 2.05) is 45.0 Å². The van der Waals surface area contributed by atoms with Crippen LogP contribution in [-0.2, 0) is 0 Å². The summed E-state index contributed by atoms with van der Waals surface area (Å²) in [7, 11) is 0. The Kier molecular flexibility index (Phi) is 5.31. The van der Waals surface area contributed by atoms with Crippen molar-refractivity contribution in [2.24, 2.45) is 5.10 Å². The summed E-state index contributed by atoms with van der Waals surface area (Å²) in [6.07, 6.45) is 0. The van der Waals surface area contributed by atoms with E-state index in [4.69, 9.17) is 4.74 Å². The predicted octanol–water partition coefficient (Wildman–Crippen LogP) is 3.55. The minimum Gasteiger partial charge on any atom is -0.494 e. The van der Waals surface area contributed by atoms with Gasteiger partial charge in [0.2, 0.25) is 0 Å². The average Bonchev–Trinajstić information content (AvgIpc) is 2.53. The fraction of sp³-hybridized carbons (Fsp3) is 0.222. The Morgan fingerprint density at radius 3 is 2.50 bits per heavy atom. The molecule has 0 aliphatic heterocycles. The van der Waals surface area contributed by atoms with Crippen LogP contribution < -0.4 is 10.2 Å². The molecule has 1 amide bonds. The van der Waals surface area contributed by atoms with Gasteiger partial charge in [-0.05, 0) is 50.6 Å². The van der Waals surface area contributed by atoms with Crippen molar-refractivity contribution in [3.8, 4) is 5.75 Å². The lowest BCUT2D eigenvalue weighted by molar-refractivity contribution is 0.0955. The minimum atomic E-state index is -0.241. The molecule has 22 heavy (non-hydrogen) atoms. The molecule has 0 saturated heterocycles. The van der Waals surface area contributed by atoms with Crippen molar-refractivity contribution in [3.63, 3.8) is 0 Å². The highest BCUT2D eigenvalue weighted by atomic mass is 16.5. The van der Waals surface area contributed by atoms with Gasteiger partial charge in [-0.2, -0.15) is 5.10 Å². The first-order valence-electron chi connectivity index (χ1n) is 7.24. The second kappa shape index (κ2) is 7.41. The van der Waals surface area contributed by atoms with Gasteiger partial charge < -0.3 is 4.74 Å².